The van der Waals surface area contributed by atoms with Crippen LogP contribution in [0, 0.1) is 5.92 Å². The molecule has 0 unspecified atom stereocenters. The number of carbonyl (C=O) groups is 3. The molecule has 0 spiro atoms. The van der Waals surface area contributed by atoms with E-state index in [2.05, 4.69) is 0 Å². The lowest BCUT2D eigenvalue weighted by Gasteiger charge is -2.27. The van der Waals surface area contributed by atoms with Crippen molar-refractivity contribution in [2.75, 3.05) is 13.1 Å². The van der Waals surface area contributed by atoms with E-state index in [1.807, 2.05) is 0 Å². The van der Waals surface area contributed by atoms with E-state index in [9.17, 15) is 14.4 Å². The van der Waals surface area contributed by atoms with Gasteiger partial charge in [0.05, 0.1) is 0 Å². The Morgan fingerprint density at radius 3 is 1.82 bits per heavy atom. The predicted molar refractivity (Wildman–Crippen MR) is 58.4 cm³/mol. The first-order valence-corrected chi connectivity index (χ1v) is 5.73. The number of carbonyl (C=O) groups excluding carboxylic acids is 1. The second kappa shape index (κ2) is 6.22. The zero-order valence-corrected chi connectivity index (χ0v) is 9.59. The molecule has 0 aromatic carbocycles. The number of rotatable bonds is 5. The van der Waals surface area contributed by atoms with Gasteiger partial charge < -0.3 is 15.1 Å². The summed E-state index contributed by atoms with van der Waals surface area (Å²) in [6.07, 6.45) is 4.44. The molecule has 1 fully saturated rings. The molecule has 6 heteroatoms. The van der Waals surface area contributed by atoms with Crippen molar-refractivity contribution in [1.82, 2.24) is 4.90 Å². The van der Waals surface area contributed by atoms with Gasteiger partial charge in [0.15, 0.2) is 0 Å². The molecule has 1 amide bonds. The summed E-state index contributed by atoms with van der Waals surface area (Å²) in [5.41, 5.74) is 0. The van der Waals surface area contributed by atoms with Crippen molar-refractivity contribution >= 4 is 17.8 Å². The highest BCUT2D eigenvalue weighted by Gasteiger charge is 2.28. The summed E-state index contributed by atoms with van der Waals surface area (Å²) < 4.78 is 0. The molecule has 0 aromatic rings. The van der Waals surface area contributed by atoms with Gasteiger partial charge in [0, 0.05) is 5.92 Å². The van der Waals surface area contributed by atoms with Crippen molar-refractivity contribution in [2.45, 2.75) is 32.1 Å². The highest BCUT2D eigenvalue weighted by atomic mass is 16.4. The molecule has 0 radical (unpaired) electrons. The normalized spacial score (nSPS) is 16.5. The van der Waals surface area contributed by atoms with Gasteiger partial charge in [0.1, 0.15) is 13.1 Å². The van der Waals surface area contributed by atoms with Crippen molar-refractivity contribution in [1.29, 1.82) is 0 Å². The third kappa shape index (κ3) is 4.42. The first kappa shape index (κ1) is 13.5. The fraction of sp³-hybridized carbons (Fsp3) is 0.727. The van der Waals surface area contributed by atoms with E-state index >= 15 is 0 Å². The minimum absolute atomic E-state index is 0.206. The number of carboxylic acids is 2. The van der Waals surface area contributed by atoms with E-state index in [0.717, 1.165) is 37.0 Å². The van der Waals surface area contributed by atoms with Crippen LogP contribution in [0.4, 0.5) is 0 Å². The topological polar surface area (TPSA) is 94.9 Å². The number of carboxylic acid groups (broad SMARTS) is 2. The van der Waals surface area contributed by atoms with Gasteiger partial charge >= 0.3 is 11.9 Å². The Morgan fingerprint density at radius 2 is 1.41 bits per heavy atom. The van der Waals surface area contributed by atoms with Crippen LogP contribution in [-0.2, 0) is 14.4 Å². The molecule has 0 bridgehead atoms. The van der Waals surface area contributed by atoms with E-state index in [0.29, 0.717) is 0 Å². The van der Waals surface area contributed by atoms with Crippen molar-refractivity contribution < 1.29 is 24.6 Å². The first-order chi connectivity index (χ1) is 8.00. The van der Waals surface area contributed by atoms with Crippen LogP contribution in [0.25, 0.3) is 0 Å². The lowest BCUT2D eigenvalue weighted by Crippen LogP contribution is -2.43. The third-order valence-corrected chi connectivity index (χ3v) is 2.92. The van der Waals surface area contributed by atoms with E-state index < -0.39 is 25.0 Å². The van der Waals surface area contributed by atoms with Gasteiger partial charge in [0.25, 0.3) is 0 Å². The smallest absolute Gasteiger partial charge is 0.323 e. The Hall–Kier alpha value is -1.59. The summed E-state index contributed by atoms with van der Waals surface area (Å²) >= 11 is 0. The molecular weight excluding hydrogens is 226 g/mol. The molecule has 1 saturated carbocycles. The maximum Gasteiger partial charge on any atom is 0.323 e. The number of nitrogens with zero attached hydrogens (tertiary/aromatic N) is 1. The highest BCUT2D eigenvalue weighted by molar-refractivity contribution is 5.86. The molecule has 0 heterocycles. The molecule has 0 aliphatic heterocycles. The molecule has 1 aliphatic rings. The third-order valence-electron chi connectivity index (χ3n) is 2.92. The maximum atomic E-state index is 12.0. The Bertz CT molecular complexity index is 293. The first-order valence-electron chi connectivity index (χ1n) is 5.73. The summed E-state index contributed by atoms with van der Waals surface area (Å²) in [7, 11) is 0. The second-order valence-corrected chi connectivity index (χ2v) is 4.32. The summed E-state index contributed by atoms with van der Waals surface area (Å²) in [4.78, 5) is 34.1. The van der Waals surface area contributed by atoms with Crippen molar-refractivity contribution in [3.05, 3.63) is 0 Å². The second-order valence-electron chi connectivity index (χ2n) is 4.32. The quantitative estimate of drug-likeness (QED) is 0.735. The molecule has 0 atom stereocenters. The lowest BCUT2D eigenvalue weighted by atomic mass is 9.88. The standard InChI is InChI=1S/C11H17NO5/c13-9(14)6-12(7-10(15)16)11(17)8-4-2-1-3-5-8/h8H,1-7H2,(H,13,14)(H,15,16). The molecule has 96 valence electrons. The molecule has 1 aliphatic carbocycles. The monoisotopic (exact) mass is 243 g/mol. The molecule has 2 N–H and O–H groups in total. The minimum atomic E-state index is -1.18. The van der Waals surface area contributed by atoms with Crippen molar-refractivity contribution in [3.8, 4) is 0 Å². The summed E-state index contributed by atoms with van der Waals surface area (Å²) in [6, 6.07) is 0. The van der Waals surface area contributed by atoms with Crippen LogP contribution in [-0.4, -0.2) is 46.0 Å². The van der Waals surface area contributed by atoms with Crippen LogP contribution in [0.5, 0.6) is 0 Å². The SMILES string of the molecule is O=C(O)CN(CC(=O)O)C(=O)C1CCCCC1. The molecule has 0 saturated heterocycles. The van der Waals surface area contributed by atoms with Crippen LogP contribution in [0.1, 0.15) is 32.1 Å². The Morgan fingerprint density at radius 1 is 0.941 bits per heavy atom. The van der Waals surface area contributed by atoms with E-state index in [4.69, 9.17) is 10.2 Å². The number of aliphatic carboxylic acids is 2. The molecule has 17 heavy (non-hydrogen) atoms. The number of amides is 1. The molecular formula is C11H17NO5. The summed E-state index contributed by atoms with van der Waals surface area (Å²) in [5, 5.41) is 17.3. The van der Waals surface area contributed by atoms with Crippen LogP contribution < -0.4 is 0 Å². The summed E-state index contributed by atoms with van der Waals surface area (Å²) in [5.74, 6) is -2.91. The fourth-order valence-corrected chi connectivity index (χ4v) is 2.15. The predicted octanol–water partition coefficient (Wildman–Crippen LogP) is 0.564. The Labute approximate surface area is 99.2 Å². The maximum absolute atomic E-state index is 12.0. The minimum Gasteiger partial charge on any atom is -0.480 e. The van der Waals surface area contributed by atoms with Gasteiger partial charge in [0.2, 0.25) is 5.91 Å². The fourth-order valence-electron chi connectivity index (χ4n) is 2.15. The molecule has 6 nitrogen and oxygen atoms in total. The van der Waals surface area contributed by atoms with Gasteiger partial charge in [-0.25, -0.2) is 0 Å². The van der Waals surface area contributed by atoms with Gasteiger partial charge in [-0.1, -0.05) is 19.3 Å². The van der Waals surface area contributed by atoms with E-state index in [1.54, 1.807) is 0 Å². The lowest BCUT2D eigenvalue weighted by molar-refractivity contribution is -0.151. The Kier molecular flexibility index (Phi) is 4.93. The van der Waals surface area contributed by atoms with Crippen molar-refractivity contribution in [2.24, 2.45) is 5.92 Å². The van der Waals surface area contributed by atoms with Crippen LogP contribution in [0.2, 0.25) is 0 Å². The van der Waals surface area contributed by atoms with Crippen LogP contribution >= 0.6 is 0 Å². The van der Waals surface area contributed by atoms with Gasteiger partial charge in [-0.05, 0) is 12.8 Å². The van der Waals surface area contributed by atoms with E-state index in [1.165, 1.54) is 0 Å². The Balaban J connectivity index is 2.63. The number of hydrogen-bond donors (Lipinski definition) is 2. The van der Waals surface area contributed by atoms with Gasteiger partial charge in [-0.15, -0.1) is 0 Å². The summed E-state index contributed by atoms with van der Waals surface area (Å²) in [6.45, 7) is -1.08. The average molecular weight is 243 g/mol. The zero-order valence-electron chi connectivity index (χ0n) is 9.59. The average Bonchev–Trinajstić information content (AvgIpc) is 2.27. The number of hydrogen-bond acceptors (Lipinski definition) is 3. The van der Waals surface area contributed by atoms with Crippen LogP contribution in [0.3, 0.4) is 0 Å². The van der Waals surface area contributed by atoms with Crippen molar-refractivity contribution in [3.63, 3.8) is 0 Å². The van der Waals surface area contributed by atoms with Gasteiger partial charge in [-0.3, -0.25) is 14.4 Å². The molecule has 1 rings (SSSR count). The zero-order chi connectivity index (χ0) is 12.8. The largest absolute Gasteiger partial charge is 0.480 e. The van der Waals surface area contributed by atoms with Gasteiger partial charge in [-0.2, -0.15) is 0 Å². The van der Waals surface area contributed by atoms with Crippen LogP contribution in [0.15, 0.2) is 0 Å². The highest BCUT2D eigenvalue weighted by Crippen LogP contribution is 2.25. The molecule has 0 aromatic heterocycles. The van der Waals surface area contributed by atoms with E-state index in [-0.39, 0.29) is 11.8 Å².